The molecule has 1 fully saturated rings. The third-order valence-corrected chi connectivity index (χ3v) is 5.87. The van der Waals surface area contributed by atoms with Crippen LogP contribution < -0.4 is 5.73 Å². The molecule has 2 nitrogen and oxygen atoms in total. The predicted molar refractivity (Wildman–Crippen MR) is 82.6 cm³/mol. The minimum atomic E-state index is -0.760. The van der Waals surface area contributed by atoms with E-state index in [4.69, 9.17) is 5.73 Å². The minimum Gasteiger partial charge on any atom is -0.323 e. The number of hydrogen-bond donors (Lipinski definition) is 1. The summed E-state index contributed by atoms with van der Waals surface area (Å²) in [5.74, 6) is 0.609. The Labute approximate surface area is 119 Å². The molecular formula is C16H25NOS. The molecule has 3 heteroatoms. The van der Waals surface area contributed by atoms with Crippen molar-refractivity contribution in [3.63, 3.8) is 0 Å². The van der Waals surface area contributed by atoms with Crippen molar-refractivity contribution in [3.05, 3.63) is 35.4 Å². The van der Waals surface area contributed by atoms with Gasteiger partial charge >= 0.3 is 0 Å². The molecule has 0 saturated heterocycles. The Morgan fingerprint density at radius 1 is 1.26 bits per heavy atom. The Bertz CT molecular complexity index is 409. The van der Waals surface area contributed by atoms with E-state index in [1.54, 1.807) is 0 Å². The second-order valence-electron chi connectivity index (χ2n) is 5.55. The average Bonchev–Trinajstić information content (AvgIpc) is 2.94. The molecule has 0 bridgehead atoms. The number of benzene rings is 1. The summed E-state index contributed by atoms with van der Waals surface area (Å²) in [4.78, 5) is 0. The average molecular weight is 279 g/mol. The first-order valence-electron chi connectivity index (χ1n) is 7.42. The van der Waals surface area contributed by atoms with Gasteiger partial charge in [0.1, 0.15) is 0 Å². The van der Waals surface area contributed by atoms with Crippen LogP contribution in [0, 0.1) is 0 Å². The lowest BCUT2D eigenvalue weighted by molar-refractivity contribution is 0.660. The summed E-state index contributed by atoms with van der Waals surface area (Å²) in [6.45, 7) is 2.18. The molecule has 1 aliphatic rings. The van der Waals surface area contributed by atoms with Crippen LogP contribution in [-0.2, 0) is 17.2 Å². The van der Waals surface area contributed by atoms with Gasteiger partial charge in [-0.15, -0.1) is 0 Å². The molecule has 0 aliphatic heterocycles. The summed E-state index contributed by atoms with van der Waals surface area (Å²) in [7, 11) is -0.760. The fraction of sp³-hybridized carbons (Fsp3) is 0.625. The molecule has 1 aliphatic carbocycles. The van der Waals surface area contributed by atoms with Gasteiger partial charge in [0.2, 0.25) is 0 Å². The smallest absolute Gasteiger partial charge is 0.0431 e. The van der Waals surface area contributed by atoms with Crippen molar-refractivity contribution in [2.24, 2.45) is 5.73 Å². The summed E-state index contributed by atoms with van der Waals surface area (Å²) >= 11 is 0. The molecule has 1 aromatic rings. The highest BCUT2D eigenvalue weighted by molar-refractivity contribution is 7.85. The van der Waals surface area contributed by atoms with Crippen molar-refractivity contribution in [2.75, 3.05) is 5.75 Å². The number of aryl methyl sites for hydroxylation is 1. The lowest BCUT2D eigenvalue weighted by Crippen LogP contribution is -2.23. The molecule has 2 N–H and O–H groups in total. The van der Waals surface area contributed by atoms with Gasteiger partial charge in [-0.3, -0.25) is 4.21 Å². The molecule has 106 valence electrons. The van der Waals surface area contributed by atoms with Crippen LogP contribution in [-0.4, -0.2) is 15.2 Å². The zero-order chi connectivity index (χ0) is 13.7. The number of hydrogen-bond acceptors (Lipinski definition) is 2. The highest BCUT2D eigenvalue weighted by Crippen LogP contribution is 2.25. The molecule has 1 saturated carbocycles. The van der Waals surface area contributed by atoms with Crippen LogP contribution in [0.15, 0.2) is 24.3 Å². The van der Waals surface area contributed by atoms with Crippen molar-refractivity contribution in [2.45, 2.75) is 56.7 Å². The summed E-state index contributed by atoms with van der Waals surface area (Å²) in [6, 6.07) is 8.41. The van der Waals surface area contributed by atoms with E-state index in [0.717, 1.165) is 31.2 Å². The zero-order valence-electron chi connectivity index (χ0n) is 11.8. The van der Waals surface area contributed by atoms with Gasteiger partial charge in [0, 0.05) is 27.8 Å². The van der Waals surface area contributed by atoms with Gasteiger partial charge in [-0.25, -0.2) is 0 Å². The van der Waals surface area contributed by atoms with Gasteiger partial charge in [0.15, 0.2) is 0 Å². The molecule has 0 radical (unpaired) electrons. The fourth-order valence-electron chi connectivity index (χ4n) is 2.78. The lowest BCUT2D eigenvalue weighted by atomic mass is 10.0. The molecule has 0 aromatic heterocycles. The summed E-state index contributed by atoms with van der Waals surface area (Å²) in [5.41, 5.74) is 8.67. The van der Waals surface area contributed by atoms with Gasteiger partial charge in [0.05, 0.1) is 0 Å². The molecule has 0 spiro atoms. The second kappa shape index (κ2) is 7.20. The fourth-order valence-corrected chi connectivity index (χ4v) is 4.46. The van der Waals surface area contributed by atoms with E-state index in [1.165, 1.54) is 18.4 Å². The van der Waals surface area contributed by atoms with Crippen molar-refractivity contribution < 1.29 is 4.21 Å². The van der Waals surface area contributed by atoms with E-state index >= 15 is 0 Å². The van der Waals surface area contributed by atoms with E-state index in [-0.39, 0.29) is 6.04 Å². The molecule has 0 amide bonds. The quantitative estimate of drug-likeness (QED) is 0.868. The second-order valence-corrected chi connectivity index (χ2v) is 7.31. The van der Waals surface area contributed by atoms with Crippen LogP contribution in [0.4, 0.5) is 0 Å². The Morgan fingerprint density at radius 3 is 2.47 bits per heavy atom. The van der Waals surface area contributed by atoms with E-state index in [2.05, 4.69) is 31.2 Å². The summed E-state index contributed by atoms with van der Waals surface area (Å²) < 4.78 is 12.2. The van der Waals surface area contributed by atoms with E-state index in [9.17, 15) is 4.21 Å². The van der Waals surface area contributed by atoms with E-state index in [0.29, 0.717) is 11.0 Å². The van der Waals surface area contributed by atoms with Crippen LogP contribution >= 0.6 is 0 Å². The monoisotopic (exact) mass is 279 g/mol. The van der Waals surface area contributed by atoms with Crippen LogP contribution in [0.25, 0.3) is 0 Å². The van der Waals surface area contributed by atoms with E-state index in [1.807, 2.05) is 0 Å². The Kier molecular flexibility index (Phi) is 5.59. The van der Waals surface area contributed by atoms with Gasteiger partial charge in [-0.1, -0.05) is 50.5 Å². The SMILES string of the molecule is CCCc1ccc(C(N)CS(=O)C2CCCC2)cc1. The van der Waals surface area contributed by atoms with Gasteiger partial charge in [-0.2, -0.15) is 0 Å². The van der Waals surface area contributed by atoms with Crippen LogP contribution in [0.2, 0.25) is 0 Å². The minimum absolute atomic E-state index is 0.0860. The first-order valence-corrected chi connectivity index (χ1v) is 8.80. The highest BCUT2D eigenvalue weighted by atomic mass is 32.2. The molecular weight excluding hydrogens is 254 g/mol. The van der Waals surface area contributed by atoms with Crippen LogP contribution in [0.1, 0.15) is 56.2 Å². The maximum absolute atomic E-state index is 12.2. The first-order chi connectivity index (χ1) is 9.20. The topological polar surface area (TPSA) is 43.1 Å². The Morgan fingerprint density at radius 2 is 1.89 bits per heavy atom. The van der Waals surface area contributed by atoms with Gasteiger partial charge < -0.3 is 5.73 Å². The molecule has 2 unspecified atom stereocenters. The molecule has 1 aromatic carbocycles. The van der Waals surface area contributed by atoms with Crippen molar-refractivity contribution in [3.8, 4) is 0 Å². The lowest BCUT2D eigenvalue weighted by Gasteiger charge is -2.15. The van der Waals surface area contributed by atoms with Crippen LogP contribution in [0.3, 0.4) is 0 Å². The standard InChI is InChI=1S/C16H25NOS/c1-2-5-13-8-10-14(11-9-13)16(17)12-19(18)15-6-3-4-7-15/h8-11,15-16H,2-7,12,17H2,1H3. The van der Waals surface area contributed by atoms with Crippen molar-refractivity contribution in [1.29, 1.82) is 0 Å². The first kappa shape index (κ1) is 14.7. The van der Waals surface area contributed by atoms with Crippen molar-refractivity contribution in [1.82, 2.24) is 0 Å². The molecule has 2 atom stereocenters. The summed E-state index contributed by atoms with van der Waals surface area (Å²) in [6.07, 6.45) is 6.98. The van der Waals surface area contributed by atoms with Crippen LogP contribution in [0.5, 0.6) is 0 Å². The maximum Gasteiger partial charge on any atom is 0.0431 e. The van der Waals surface area contributed by atoms with E-state index < -0.39 is 10.8 Å². The van der Waals surface area contributed by atoms with Gasteiger partial charge in [0.25, 0.3) is 0 Å². The largest absolute Gasteiger partial charge is 0.323 e. The number of nitrogens with two attached hydrogens (primary N) is 1. The Balaban J connectivity index is 1.91. The highest BCUT2D eigenvalue weighted by Gasteiger charge is 2.23. The molecule has 19 heavy (non-hydrogen) atoms. The van der Waals surface area contributed by atoms with Crippen molar-refractivity contribution >= 4 is 10.8 Å². The molecule has 2 rings (SSSR count). The predicted octanol–water partition coefficient (Wildman–Crippen LogP) is 3.33. The van der Waals surface area contributed by atoms with Gasteiger partial charge in [-0.05, 0) is 30.4 Å². The zero-order valence-corrected chi connectivity index (χ0v) is 12.6. The molecule has 0 heterocycles. The normalized spacial score (nSPS) is 19.5. The number of rotatable bonds is 6. The Hall–Kier alpha value is -0.670. The summed E-state index contributed by atoms with van der Waals surface area (Å²) in [5, 5.41) is 0.394. The third kappa shape index (κ3) is 4.15. The maximum atomic E-state index is 12.2. The third-order valence-electron chi connectivity index (χ3n) is 3.96.